The molecule has 0 bridgehead atoms. The van der Waals surface area contributed by atoms with Crippen LogP contribution in [0.15, 0.2) is 24.3 Å². The molecule has 0 aliphatic carbocycles. The number of benzene rings is 1. The van der Waals surface area contributed by atoms with Crippen LogP contribution in [-0.2, 0) is 12.8 Å². The van der Waals surface area contributed by atoms with Crippen LogP contribution >= 0.6 is 22.9 Å². The van der Waals surface area contributed by atoms with E-state index in [2.05, 4.69) is 4.98 Å². The molecular weight excluding hydrogens is 310 g/mol. The first-order valence-electron chi connectivity index (χ1n) is 6.70. The van der Waals surface area contributed by atoms with Gasteiger partial charge in [0.1, 0.15) is 10.6 Å². The zero-order valence-corrected chi connectivity index (χ0v) is 13.2. The lowest BCUT2D eigenvalue weighted by Gasteiger charge is -2.04. The van der Waals surface area contributed by atoms with E-state index in [4.69, 9.17) is 21.4 Å². The summed E-state index contributed by atoms with van der Waals surface area (Å²) < 4.78 is 5.60. The Bertz CT molecular complexity index is 627. The number of carboxylic acid groups (broad SMARTS) is 1. The van der Waals surface area contributed by atoms with E-state index in [9.17, 15) is 4.79 Å². The Hall–Kier alpha value is -1.59. The summed E-state index contributed by atoms with van der Waals surface area (Å²) in [7, 11) is 0. The number of halogens is 1. The summed E-state index contributed by atoms with van der Waals surface area (Å²) in [6, 6.07) is 7.18. The number of rotatable bonds is 7. The predicted molar refractivity (Wildman–Crippen MR) is 83.7 cm³/mol. The zero-order chi connectivity index (χ0) is 15.2. The van der Waals surface area contributed by atoms with Crippen molar-refractivity contribution in [3.8, 4) is 5.75 Å². The van der Waals surface area contributed by atoms with Crippen LogP contribution in [0.3, 0.4) is 0 Å². The monoisotopic (exact) mass is 325 g/mol. The number of carboxylic acids is 1. The molecule has 6 heteroatoms. The number of nitrogens with zero attached hydrogens (tertiary/aromatic N) is 1. The van der Waals surface area contributed by atoms with Crippen LogP contribution in [0.5, 0.6) is 5.75 Å². The van der Waals surface area contributed by atoms with Crippen LogP contribution < -0.4 is 4.74 Å². The number of hydrogen-bond acceptors (Lipinski definition) is 4. The third-order valence-electron chi connectivity index (χ3n) is 2.80. The lowest BCUT2D eigenvalue weighted by molar-refractivity contribution is 0.0700. The molecule has 112 valence electrons. The second kappa shape index (κ2) is 7.43. The van der Waals surface area contributed by atoms with Crippen molar-refractivity contribution >= 4 is 28.9 Å². The van der Waals surface area contributed by atoms with Crippen molar-refractivity contribution in [2.75, 3.05) is 6.61 Å². The topological polar surface area (TPSA) is 59.4 Å². The summed E-state index contributed by atoms with van der Waals surface area (Å²) in [5, 5.41) is 10.6. The molecular formula is C15H16ClNO3S. The molecule has 2 rings (SSSR count). The Morgan fingerprint density at radius 1 is 1.43 bits per heavy atom. The Balaban J connectivity index is 1.97. The van der Waals surface area contributed by atoms with Gasteiger partial charge in [0.15, 0.2) is 0 Å². The number of carbonyl (C=O) groups is 1. The molecule has 0 spiro atoms. The van der Waals surface area contributed by atoms with Crippen LogP contribution in [-0.4, -0.2) is 22.7 Å². The second-order valence-corrected chi connectivity index (χ2v) is 6.01. The Kier molecular flexibility index (Phi) is 5.59. The van der Waals surface area contributed by atoms with Gasteiger partial charge in [-0.1, -0.05) is 31.0 Å². The summed E-state index contributed by atoms with van der Waals surface area (Å²) in [6.45, 7) is 2.45. The van der Waals surface area contributed by atoms with Crippen LogP contribution in [0.25, 0.3) is 0 Å². The summed E-state index contributed by atoms with van der Waals surface area (Å²) in [5.74, 6) is -0.204. The normalized spacial score (nSPS) is 10.6. The van der Waals surface area contributed by atoms with Crippen molar-refractivity contribution in [2.24, 2.45) is 0 Å². The number of aryl methyl sites for hydroxylation is 1. The fourth-order valence-electron chi connectivity index (χ4n) is 1.89. The van der Waals surface area contributed by atoms with E-state index in [0.29, 0.717) is 40.8 Å². The van der Waals surface area contributed by atoms with Crippen molar-refractivity contribution in [1.82, 2.24) is 4.98 Å². The van der Waals surface area contributed by atoms with Crippen LogP contribution in [0, 0.1) is 0 Å². The molecule has 4 nitrogen and oxygen atoms in total. The first-order chi connectivity index (χ1) is 10.1. The number of aromatic carboxylic acids is 1. The minimum absolute atomic E-state index is 0.342. The maximum absolute atomic E-state index is 11.2. The lowest BCUT2D eigenvalue weighted by Crippen LogP contribution is -2.01. The summed E-state index contributed by atoms with van der Waals surface area (Å²) in [6.07, 6.45) is 2.15. The Morgan fingerprint density at radius 3 is 2.90 bits per heavy atom. The molecule has 0 saturated carbocycles. The largest absolute Gasteiger partial charge is 0.493 e. The second-order valence-electron chi connectivity index (χ2n) is 4.49. The van der Waals surface area contributed by atoms with E-state index < -0.39 is 5.97 Å². The molecule has 2 aromatic rings. The molecule has 1 N–H and O–H groups in total. The average molecular weight is 326 g/mol. The number of aromatic nitrogens is 1. The molecule has 1 heterocycles. The van der Waals surface area contributed by atoms with Crippen LogP contribution in [0.1, 0.15) is 33.7 Å². The van der Waals surface area contributed by atoms with E-state index in [1.54, 1.807) is 12.1 Å². The Labute approximate surface area is 132 Å². The molecule has 1 aromatic heterocycles. The van der Waals surface area contributed by atoms with E-state index >= 15 is 0 Å². The van der Waals surface area contributed by atoms with Crippen molar-refractivity contribution in [1.29, 1.82) is 0 Å². The molecule has 0 unspecified atom stereocenters. The Morgan fingerprint density at radius 2 is 2.24 bits per heavy atom. The van der Waals surface area contributed by atoms with Crippen molar-refractivity contribution in [2.45, 2.75) is 26.2 Å². The predicted octanol–water partition coefficient (Wildman–Crippen LogP) is 4.07. The highest BCUT2D eigenvalue weighted by atomic mass is 35.5. The highest BCUT2D eigenvalue weighted by molar-refractivity contribution is 7.13. The molecule has 0 atom stereocenters. The molecule has 0 saturated heterocycles. The van der Waals surface area contributed by atoms with Gasteiger partial charge in [0, 0.05) is 11.4 Å². The lowest BCUT2D eigenvalue weighted by atomic mass is 10.2. The average Bonchev–Trinajstić information content (AvgIpc) is 2.83. The maximum Gasteiger partial charge on any atom is 0.347 e. The molecule has 0 amide bonds. The maximum atomic E-state index is 11.2. The SMILES string of the molecule is CCCc1nc(CCOc2cccc(Cl)c2)sc1C(=O)O. The van der Waals surface area contributed by atoms with Crippen LogP contribution in [0.4, 0.5) is 0 Å². The van der Waals surface area contributed by atoms with Gasteiger partial charge < -0.3 is 9.84 Å². The number of hydrogen-bond donors (Lipinski definition) is 1. The first-order valence-corrected chi connectivity index (χ1v) is 7.90. The van der Waals surface area contributed by atoms with Gasteiger partial charge in [-0.05, 0) is 24.6 Å². The van der Waals surface area contributed by atoms with Crippen molar-refractivity contribution in [3.63, 3.8) is 0 Å². The fourth-order valence-corrected chi connectivity index (χ4v) is 3.00. The standard InChI is InChI=1S/C15H16ClNO3S/c1-2-4-12-14(15(18)19)21-13(17-12)7-8-20-11-6-3-5-10(16)9-11/h3,5-6,9H,2,4,7-8H2,1H3,(H,18,19). The fraction of sp³-hybridized carbons (Fsp3) is 0.333. The zero-order valence-electron chi connectivity index (χ0n) is 11.6. The van der Waals surface area contributed by atoms with Crippen molar-refractivity contribution < 1.29 is 14.6 Å². The van der Waals surface area contributed by atoms with Gasteiger partial charge in [0.2, 0.25) is 0 Å². The highest BCUT2D eigenvalue weighted by Gasteiger charge is 2.16. The molecule has 0 fully saturated rings. The molecule has 0 aliphatic rings. The molecule has 1 aromatic carbocycles. The highest BCUT2D eigenvalue weighted by Crippen LogP contribution is 2.21. The summed E-state index contributed by atoms with van der Waals surface area (Å²) >= 11 is 7.11. The van der Waals surface area contributed by atoms with Gasteiger partial charge in [0.05, 0.1) is 17.3 Å². The first kappa shape index (κ1) is 15.8. The third kappa shape index (κ3) is 4.44. The van der Waals surface area contributed by atoms with E-state index in [1.165, 1.54) is 11.3 Å². The van der Waals surface area contributed by atoms with Gasteiger partial charge in [-0.25, -0.2) is 9.78 Å². The number of thiazole rings is 1. The van der Waals surface area contributed by atoms with Crippen molar-refractivity contribution in [3.05, 3.63) is 44.9 Å². The van der Waals surface area contributed by atoms with Gasteiger partial charge >= 0.3 is 5.97 Å². The number of ether oxygens (including phenoxy) is 1. The minimum atomic E-state index is -0.905. The van der Waals surface area contributed by atoms with Gasteiger partial charge in [-0.3, -0.25) is 0 Å². The summed E-state index contributed by atoms with van der Waals surface area (Å²) in [4.78, 5) is 15.9. The quantitative estimate of drug-likeness (QED) is 0.833. The molecule has 0 aliphatic heterocycles. The summed E-state index contributed by atoms with van der Waals surface area (Å²) in [5.41, 5.74) is 0.674. The van der Waals surface area contributed by atoms with E-state index in [1.807, 2.05) is 19.1 Å². The smallest absolute Gasteiger partial charge is 0.347 e. The van der Waals surface area contributed by atoms with E-state index in [0.717, 1.165) is 11.4 Å². The third-order valence-corrected chi connectivity index (χ3v) is 4.18. The molecule has 0 radical (unpaired) electrons. The van der Waals surface area contributed by atoms with Gasteiger partial charge in [0.25, 0.3) is 0 Å². The van der Waals surface area contributed by atoms with E-state index in [-0.39, 0.29) is 0 Å². The van der Waals surface area contributed by atoms with Gasteiger partial charge in [-0.15, -0.1) is 11.3 Å². The van der Waals surface area contributed by atoms with Crippen LogP contribution in [0.2, 0.25) is 5.02 Å². The van der Waals surface area contributed by atoms with Gasteiger partial charge in [-0.2, -0.15) is 0 Å². The minimum Gasteiger partial charge on any atom is -0.493 e. The molecule has 21 heavy (non-hydrogen) atoms.